The van der Waals surface area contributed by atoms with Gasteiger partial charge in [-0.15, -0.1) is 0 Å². The van der Waals surface area contributed by atoms with Crippen molar-refractivity contribution in [3.8, 4) is 22.8 Å². The monoisotopic (exact) mass is 470 g/mol. The number of methoxy groups -OCH3 is 1. The highest BCUT2D eigenvalue weighted by Gasteiger charge is 2.34. The number of rotatable bonds is 9. The number of fused-ring (bicyclic) bond motifs is 1. The molecule has 3 aromatic rings. The van der Waals surface area contributed by atoms with Gasteiger partial charge in [-0.2, -0.15) is 13.2 Å². The number of pyridine rings is 1. The van der Waals surface area contributed by atoms with E-state index in [0.29, 0.717) is 42.5 Å². The lowest BCUT2D eigenvalue weighted by atomic mass is 9.99. The van der Waals surface area contributed by atoms with Gasteiger partial charge in [0.1, 0.15) is 17.3 Å². The third-order valence-corrected chi connectivity index (χ3v) is 6.28. The number of benzene rings is 2. The summed E-state index contributed by atoms with van der Waals surface area (Å²) in [6, 6.07) is 15.7. The highest BCUT2D eigenvalue weighted by atomic mass is 19.4. The Bertz CT molecular complexity index is 1110. The molecule has 0 fully saturated rings. The van der Waals surface area contributed by atoms with Crippen LogP contribution in [0.1, 0.15) is 48.8 Å². The Balaban J connectivity index is 1.37. The molecule has 34 heavy (non-hydrogen) atoms. The Morgan fingerprint density at radius 2 is 1.79 bits per heavy atom. The molecule has 0 spiro atoms. The average Bonchev–Trinajstić information content (AvgIpc) is 3.25. The van der Waals surface area contributed by atoms with E-state index in [1.807, 2.05) is 6.07 Å². The van der Waals surface area contributed by atoms with Crippen LogP contribution in [0.3, 0.4) is 0 Å². The van der Waals surface area contributed by atoms with Crippen molar-refractivity contribution in [1.29, 1.82) is 0 Å². The summed E-state index contributed by atoms with van der Waals surface area (Å²) >= 11 is 0. The van der Waals surface area contributed by atoms with E-state index in [1.54, 1.807) is 31.4 Å². The lowest BCUT2D eigenvalue weighted by Crippen LogP contribution is -2.15. The molecule has 1 aliphatic rings. The van der Waals surface area contributed by atoms with Crippen molar-refractivity contribution in [2.45, 2.75) is 44.7 Å². The summed E-state index contributed by atoms with van der Waals surface area (Å²) in [5.74, 6) is 1.94. The first-order chi connectivity index (χ1) is 16.4. The molecule has 1 aromatic heterocycles. The van der Waals surface area contributed by atoms with Gasteiger partial charge < -0.3 is 14.8 Å². The molecule has 0 bridgehead atoms. The Labute approximate surface area is 198 Å². The summed E-state index contributed by atoms with van der Waals surface area (Å²) in [7, 11) is 1.56. The van der Waals surface area contributed by atoms with Crippen molar-refractivity contribution >= 4 is 5.82 Å². The second kappa shape index (κ2) is 10.4. The number of aryl methyl sites for hydroxylation is 1. The molecule has 1 heterocycles. The van der Waals surface area contributed by atoms with Crippen molar-refractivity contribution in [2.75, 3.05) is 25.6 Å². The predicted molar refractivity (Wildman–Crippen MR) is 128 cm³/mol. The maximum atomic E-state index is 13.5. The molecule has 180 valence electrons. The highest BCUT2D eigenvalue weighted by Crippen LogP contribution is 2.37. The molecule has 4 nitrogen and oxygen atoms in total. The SMILES string of the molecule is CC[C@@H]1CCc2cc(OCCCNc3nc(-c4ccc(OC)cc4)ccc3C(F)(F)F)ccc21. The van der Waals surface area contributed by atoms with Crippen LogP contribution in [-0.4, -0.2) is 25.2 Å². The number of hydrogen-bond acceptors (Lipinski definition) is 4. The molecule has 0 saturated heterocycles. The van der Waals surface area contributed by atoms with Gasteiger partial charge in [0.2, 0.25) is 0 Å². The highest BCUT2D eigenvalue weighted by molar-refractivity contribution is 5.64. The molecule has 7 heteroatoms. The summed E-state index contributed by atoms with van der Waals surface area (Å²) in [6.07, 6.45) is -0.551. The molecule has 1 N–H and O–H groups in total. The zero-order valence-electron chi connectivity index (χ0n) is 19.4. The summed E-state index contributed by atoms with van der Waals surface area (Å²) < 4.78 is 51.6. The molecule has 0 aliphatic heterocycles. The first-order valence-electron chi connectivity index (χ1n) is 11.6. The fourth-order valence-corrected chi connectivity index (χ4v) is 4.41. The number of nitrogens with one attached hydrogen (secondary N) is 1. The zero-order chi connectivity index (χ0) is 24.1. The fraction of sp³-hybridized carbons (Fsp3) is 0.370. The van der Waals surface area contributed by atoms with E-state index in [-0.39, 0.29) is 5.82 Å². The molecule has 0 unspecified atom stereocenters. The standard InChI is InChI=1S/C27H29F3N2O2/c1-3-18-5-6-20-17-22(11-12-23(18)20)34-16-4-15-31-26-24(27(28,29)30)13-14-25(32-26)19-7-9-21(33-2)10-8-19/h7-14,17-18H,3-6,15-16H2,1-2H3,(H,31,32)/t18-/m1/s1. The molecular weight excluding hydrogens is 441 g/mol. The smallest absolute Gasteiger partial charge is 0.419 e. The van der Waals surface area contributed by atoms with Crippen LogP contribution in [-0.2, 0) is 12.6 Å². The van der Waals surface area contributed by atoms with Crippen molar-refractivity contribution in [3.05, 3.63) is 71.3 Å². The molecule has 0 radical (unpaired) electrons. The van der Waals surface area contributed by atoms with Crippen LogP contribution < -0.4 is 14.8 Å². The Morgan fingerprint density at radius 1 is 1.03 bits per heavy atom. The maximum Gasteiger partial charge on any atom is 0.419 e. The summed E-state index contributed by atoms with van der Waals surface area (Å²) in [4.78, 5) is 4.26. The van der Waals surface area contributed by atoms with Gasteiger partial charge in [0.05, 0.1) is 25.0 Å². The predicted octanol–water partition coefficient (Wildman–Crippen LogP) is 7.10. The number of ether oxygens (including phenoxy) is 2. The van der Waals surface area contributed by atoms with Gasteiger partial charge in [-0.1, -0.05) is 13.0 Å². The van der Waals surface area contributed by atoms with Crippen molar-refractivity contribution in [2.24, 2.45) is 0 Å². The van der Waals surface area contributed by atoms with E-state index >= 15 is 0 Å². The third-order valence-electron chi connectivity index (χ3n) is 6.28. The topological polar surface area (TPSA) is 43.4 Å². The van der Waals surface area contributed by atoms with Crippen LogP contribution in [0, 0.1) is 0 Å². The number of anilines is 1. The lowest BCUT2D eigenvalue weighted by molar-refractivity contribution is -0.137. The number of halogens is 3. The van der Waals surface area contributed by atoms with E-state index in [4.69, 9.17) is 9.47 Å². The molecular formula is C27H29F3N2O2. The number of nitrogens with zero attached hydrogens (tertiary/aromatic N) is 1. The van der Waals surface area contributed by atoms with Gasteiger partial charge in [0.25, 0.3) is 0 Å². The minimum Gasteiger partial charge on any atom is -0.497 e. The van der Waals surface area contributed by atoms with Gasteiger partial charge in [0, 0.05) is 12.1 Å². The molecule has 4 rings (SSSR count). The average molecular weight is 471 g/mol. The van der Waals surface area contributed by atoms with Gasteiger partial charge in [-0.25, -0.2) is 4.98 Å². The summed E-state index contributed by atoms with van der Waals surface area (Å²) in [6.45, 7) is 2.93. The van der Waals surface area contributed by atoms with Crippen LogP contribution in [0.5, 0.6) is 11.5 Å². The van der Waals surface area contributed by atoms with Crippen LogP contribution >= 0.6 is 0 Å². The van der Waals surface area contributed by atoms with E-state index in [9.17, 15) is 13.2 Å². The van der Waals surface area contributed by atoms with Gasteiger partial charge in [0.15, 0.2) is 0 Å². The van der Waals surface area contributed by atoms with E-state index < -0.39 is 11.7 Å². The second-order valence-electron chi connectivity index (χ2n) is 8.45. The molecule has 1 atom stereocenters. The first kappa shape index (κ1) is 23.9. The normalized spacial score (nSPS) is 15.1. The van der Waals surface area contributed by atoms with Gasteiger partial charge in [-0.05, 0) is 91.3 Å². The summed E-state index contributed by atoms with van der Waals surface area (Å²) in [5.41, 5.74) is 3.14. The molecule has 1 aliphatic carbocycles. The lowest BCUT2D eigenvalue weighted by Gasteiger charge is -2.15. The Hall–Kier alpha value is -3.22. The van der Waals surface area contributed by atoms with Crippen LogP contribution in [0.4, 0.5) is 19.0 Å². The van der Waals surface area contributed by atoms with Crippen LogP contribution in [0.25, 0.3) is 11.3 Å². The van der Waals surface area contributed by atoms with Gasteiger partial charge >= 0.3 is 6.18 Å². The van der Waals surface area contributed by atoms with Crippen molar-refractivity contribution in [1.82, 2.24) is 4.98 Å². The van der Waals surface area contributed by atoms with Crippen LogP contribution in [0.2, 0.25) is 0 Å². The Morgan fingerprint density at radius 3 is 2.50 bits per heavy atom. The fourth-order valence-electron chi connectivity index (χ4n) is 4.41. The Kier molecular flexibility index (Phi) is 7.29. The third kappa shape index (κ3) is 5.46. The first-order valence-corrected chi connectivity index (χ1v) is 11.6. The van der Waals surface area contributed by atoms with Crippen molar-refractivity contribution in [3.63, 3.8) is 0 Å². The number of alkyl halides is 3. The van der Waals surface area contributed by atoms with E-state index in [2.05, 4.69) is 29.4 Å². The van der Waals surface area contributed by atoms with Gasteiger partial charge in [-0.3, -0.25) is 0 Å². The number of aromatic nitrogens is 1. The number of hydrogen-bond donors (Lipinski definition) is 1. The van der Waals surface area contributed by atoms with Crippen LogP contribution in [0.15, 0.2) is 54.6 Å². The second-order valence-corrected chi connectivity index (χ2v) is 8.45. The van der Waals surface area contributed by atoms with E-state index in [1.165, 1.54) is 23.6 Å². The van der Waals surface area contributed by atoms with Crippen molar-refractivity contribution < 1.29 is 22.6 Å². The molecule has 0 amide bonds. The maximum absolute atomic E-state index is 13.5. The molecule has 2 aromatic carbocycles. The molecule has 0 saturated carbocycles. The summed E-state index contributed by atoms with van der Waals surface area (Å²) in [5, 5.41) is 2.86. The minimum absolute atomic E-state index is 0.177. The largest absolute Gasteiger partial charge is 0.497 e. The minimum atomic E-state index is -4.50. The quantitative estimate of drug-likeness (QED) is 0.339. The zero-order valence-corrected chi connectivity index (χ0v) is 19.4. The van der Waals surface area contributed by atoms with E-state index in [0.717, 1.165) is 24.7 Å².